The Morgan fingerprint density at radius 1 is 1.61 bits per heavy atom. The maximum absolute atomic E-state index is 12.5. The zero-order valence-corrected chi connectivity index (χ0v) is 12.5. The van der Waals surface area contributed by atoms with Gasteiger partial charge in [0.1, 0.15) is 0 Å². The van der Waals surface area contributed by atoms with Crippen molar-refractivity contribution in [1.82, 2.24) is 4.90 Å². The maximum atomic E-state index is 12.5. The van der Waals surface area contributed by atoms with Gasteiger partial charge in [0.05, 0.1) is 29.8 Å². The Balaban J connectivity index is 2.26. The highest BCUT2D eigenvalue weighted by Crippen LogP contribution is 2.24. The first-order valence-corrected chi connectivity index (χ1v) is 7.14. The Labute approximate surface area is 120 Å². The number of amides is 1. The van der Waals surface area contributed by atoms with Crippen molar-refractivity contribution in [2.24, 2.45) is 0 Å². The second-order valence-corrected chi connectivity index (χ2v) is 5.58. The standard InChI is InChI=1S/C13H15BrClNO2/c1-2-10-8-18-6-5-16(10)13(17)11-7-9(14)3-4-12(11)15/h3-4,7,10H,2,5-6,8H2,1H3. The fourth-order valence-electron chi connectivity index (χ4n) is 2.08. The zero-order chi connectivity index (χ0) is 13.1. The van der Waals surface area contributed by atoms with Gasteiger partial charge in [0.25, 0.3) is 5.91 Å². The number of hydrogen-bond donors (Lipinski definition) is 0. The van der Waals surface area contributed by atoms with Crippen molar-refractivity contribution >= 4 is 33.4 Å². The Hall–Kier alpha value is -0.580. The van der Waals surface area contributed by atoms with Crippen molar-refractivity contribution in [3.63, 3.8) is 0 Å². The van der Waals surface area contributed by atoms with Crippen LogP contribution in [0.3, 0.4) is 0 Å². The molecule has 1 atom stereocenters. The summed E-state index contributed by atoms with van der Waals surface area (Å²) in [6.45, 7) is 3.88. The predicted molar refractivity (Wildman–Crippen MR) is 75.1 cm³/mol. The number of hydrogen-bond acceptors (Lipinski definition) is 2. The Bertz CT molecular complexity index is 453. The van der Waals surface area contributed by atoms with Gasteiger partial charge in [0.15, 0.2) is 0 Å². The highest BCUT2D eigenvalue weighted by molar-refractivity contribution is 9.10. The van der Waals surface area contributed by atoms with Gasteiger partial charge in [0.2, 0.25) is 0 Å². The molecule has 5 heteroatoms. The van der Waals surface area contributed by atoms with Gasteiger partial charge in [0, 0.05) is 11.0 Å². The summed E-state index contributed by atoms with van der Waals surface area (Å²) in [6, 6.07) is 5.48. The van der Waals surface area contributed by atoms with Crippen LogP contribution in [0.15, 0.2) is 22.7 Å². The molecule has 0 aromatic heterocycles. The monoisotopic (exact) mass is 331 g/mol. The lowest BCUT2D eigenvalue weighted by molar-refractivity contribution is -0.00279. The quantitative estimate of drug-likeness (QED) is 0.831. The molecule has 1 aliphatic rings. The summed E-state index contributed by atoms with van der Waals surface area (Å²) in [5.74, 6) is -0.0172. The summed E-state index contributed by atoms with van der Waals surface area (Å²) in [6.07, 6.45) is 0.886. The largest absolute Gasteiger partial charge is 0.377 e. The van der Waals surface area contributed by atoms with Gasteiger partial charge in [-0.1, -0.05) is 34.5 Å². The van der Waals surface area contributed by atoms with Gasteiger partial charge in [-0.3, -0.25) is 4.79 Å². The third-order valence-electron chi connectivity index (χ3n) is 3.12. The van der Waals surface area contributed by atoms with Gasteiger partial charge < -0.3 is 9.64 Å². The number of carbonyl (C=O) groups excluding carboxylic acids is 1. The van der Waals surface area contributed by atoms with E-state index in [0.717, 1.165) is 10.9 Å². The van der Waals surface area contributed by atoms with Crippen LogP contribution in [0.4, 0.5) is 0 Å². The SMILES string of the molecule is CCC1COCCN1C(=O)c1cc(Br)ccc1Cl. The molecule has 2 rings (SSSR count). The lowest BCUT2D eigenvalue weighted by Gasteiger charge is -2.35. The van der Waals surface area contributed by atoms with Crippen LogP contribution in [0.1, 0.15) is 23.7 Å². The molecule has 0 aliphatic carbocycles. The highest BCUT2D eigenvalue weighted by atomic mass is 79.9. The third-order valence-corrected chi connectivity index (χ3v) is 3.94. The number of benzene rings is 1. The van der Waals surface area contributed by atoms with Crippen LogP contribution in [0.2, 0.25) is 5.02 Å². The lowest BCUT2D eigenvalue weighted by Crippen LogP contribution is -2.48. The van der Waals surface area contributed by atoms with Gasteiger partial charge in [-0.2, -0.15) is 0 Å². The normalized spacial score (nSPS) is 19.9. The van der Waals surface area contributed by atoms with Crippen LogP contribution in [-0.4, -0.2) is 36.6 Å². The fraction of sp³-hybridized carbons (Fsp3) is 0.462. The van der Waals surface area contributed by atoms with Gasteiger partial charge in [-0.15, -0.1) is 0 Å². The van der Waals surface area contributed by atoms with Crippen molar-refractivity contribution in [2.75, 3.05) is 19.8 Å². The molecule has 18 heavy (non-hydrogen) atoms. The van der Waals surface area contributed by atoms with E-state index in [-0.39, 0.29) is 11.9 Å². The summed E-state index contributed by atoms with van der Waals surface area (Å²) >= 11 is 9.47. The van der Waals surface area contributed by atoms with E-state index in [0.29, 0.717) is 30.3 Å². The van der Waals surface area contributed by atoms with Crippen molar-refractivity contribution in [3.8, 4) is 0 Å². The molecule has 1 aromatic carbocycles. The van der Waals surface area contributed by atoms with Crippen molar-refractivity contribution in [2.45, 2.75) is 19.4 Å². The molecule has 1 amide bonds. The molecule has 0 bridgehead atoms. The van der Waals surface area contributed by atoms with Crippen LogP contribution < -0.4 is 0 Å². The van der Waals surface area contributed by atoms with Crippen molar-refractivity contribution in [3.05, 3.63) is 33.3 Å². The summed E-state index contributed by atoms with van der Waals surface area (Å²) < 4.78 is 6.27. The number of halogens is 2. The predicted octanol–water partition coefficient (Wildman–Crippen LogP) is 3.35. The average Bonchev–Trinajstić information content (AvgIpc) is 2.40. The van der Waals surface area contributed by atoms with E-state index in [1.54, 1.807) is 12.1 Å². The molecule has 1 saturated heterocycles. The summed E-state index contributed by atoms with van der Waals surface area (Å²) in [5.41, 5.74) is 0.548. The molecule has 0 N–H and O–H groups in total. The first-order chi connectivity index (χ1) is 8.63. The Kier molecular flexibility index (Phi) is 4.65. The minimum atomic E-state index is -0.0172. The number of nitrogens with zero attached hydrogens (tertiary/aromatic N) is 1. The van der Waals surface area contributed by atoms with E-state index >= 15 is 0 Å². The van der Waals surface area contributed by atoms with Gasteiger partial charge >= 0.3 is 0 Å². The summed E-state index contributed by atoms with van der Waals surface area (Å²) in [4.78, 5) is 14.4. The maximum Gasteiger partial charge on any atom is 0.255 e. The third kappa shape index (κ3) is 2.87. The van der Waals surface area contributed by atoms with E-state index in [1.807, 2.05) is 11.0 Å². The molecule has 1 fully saturated rings. The molecule has 1 heterocycles. The number of carbonyl (C=O) groups is 1. The number of rotatable bonds is 2. The van der Waals surface area contributed by atoms with Gasteiger partial charge in [-0.05, 0) is 24.6 Å². The van der Waals surface area contributed by atoms with E-state index in [1.165, 1.54) is 0 Å². The van der Waals surface area contributed by atoms with Gasteiger partial charge in [-0.25, -0.2) is 0 Å². The van der Waals surface area contributed by atoms with E-state index in [4.69, 9.17) is 16.3 Å². The average molecular weight is 333 g/mol. The summed E-state index contributed by atoms with van der Waals surface area (Å²) in [7, 11) is 0. The van der Waals surface area contributed by atoms with Crippen LogP contribution in [0, 0.1) is 0 Å². The van der Waals surface area contributed by atoms with Crippen LogP contribution >= 0.6 is 27.5 Å². The molecular formula is C13H15BrClNO2. The van der Waals surface area contributed by atoms with Crippen molar-refractivity contribution in [1.29, 1.82) is 0 Å². The molecular weight excluding hydrogens is 318 g/mol. The zero-order valence-electron chi connectivity index (χ0n) is 10.2. The van der Waals surface area contributed by atoms with Crippen LogP contribution in [0.5, 0.6) is 0 Å². The molecule has 1 unspecified atom stereocenters. The van der Waals surface area contributed by atoms with E-state index in [2.05, 4.69) is 22.9 Å². The first-order valence-electron chi connectivity index (χ1n) is 5.97. The summed E-state index contributed by atoms with van der Waals surface area (Å²) in [5, 5.41) is 0.490. The topological polar surface area (TPSA) is 29.5 Å². The molecule has 3 nitrogen and oxygen atoms in total. The first kappa shape index (κ1) is 13.8. The second kappa shape index (κ2) is 6.04. The second-order valence-electron chi connectivity index (χ2n) is 4.26. The smallest absolute Gasteiger partial charge is 0.255 e. The molecule has 1 aliphatic heterocycles. The minimum Gasteiger partial charge on any atom is -0.377 e. The Morgan fingerprint density at radius 3 is 3.11 bits per heavy atom. The molecule has 0 radical (unpaired) electrons. The van der Waals surface area contributed by atoms with E-state index in [9.17, 15) is 4.79 Å². The van der Waals surface area contributed by atoms with Crippen LogP contribution in [0.25, 0.3) is 0 Å². The molecule has 0 saturated carbocycles. The number of ether oxygens (including phenoxy) is 1. The number of morpholine rings is 1. The molecule has 1 aromatic rings. The Morgan fingerprint density at radius 2 is 2.39 bits per heavy atom. The molecule has 98 valence electrons. The highest BCUT2D eigenvalue weighted by Gasteiger charge is 2.27. The fourth-order valence-corrected chi connectivity index (χ4v) is 2.64. The van der Waals surface area contributed by atoms with E-state index < -0.39 is 0 Å². The lowest BCUT2D eigenvalue weighted by atomic mass is 10.1. The van der Waals surface area contributed by atoms with Crippen LogP contribution in [-0.2, 0) is 4.74 Å². The van der Waals surface area contributed by atoms with Crippen molar-refractivity contribution < 1.29 is 9.53 Å². The minimum absolute atomic E-state index is 0.0172. The molecule has 0 spiro atoms.